The number of nitrogens with zero attached hydrogens (tertiary/aromatic N) is 2. The largest absolute Gasteiger partial charge is 0.360 e. The lowest BCUT2D eigenvalue weighted by molar-refractivity contribution is -0.904. The molecule has 5 heteroatoms. The summed E-state index contributed by atoms with van der Waals surface area (Å²) >= 11 is 0. The Kier molecular flexibility index (Phi) is 3.81. The van der Waals surface area contributed by atoms with Crippen molar-refractivity contribution < 1.29 is 9.82 Å². The molecule has 0 spiro atoms. The summed E-state index contributed by atoms with van der Waals surface area (Å²) in [5.41, 5.74) is 1.28. The molecule has 0 radical (unpaired) electrons. The number of non-ortho nitro benzene ring substituents is 1. The van der Waals surface area contributed by atoms with Gasteiger partial charge in [-0.15, -0.1) is 0 Å². The van der Waals surface area contributed by atoms with Gasteiger partial charge in [0, 0.05) is 23.7 Å². The normalized spacial score (nSPS) is 30.1. The molecule has 5 nitrogen and oxygen atoms in total. The second-order valence-electron chi connectivity index (χ2n) is 7.25. The van der Waals surface area contributed by atoms with Gasteiger partial charge < -0.3 is 9.80 Å². The van der Waals surface area contributed by atoms with Crippen molar-refractivity contribution in [2.75, 3.05) is 37.6 Å². The van der Waals surface area contributed by atoms with Crippen molar-refractivity contribution in [1.82, 2.24) is 0 Å². The molecule has 1 aromatic rings. The summed E-state index contributed by atoms with van der Waals surface area (Å²) in [5, 5.41) is 10.7. The third kappa shape index (κ3) is 2.98. The Morgan fingerprint density at radius 3 is 2.43 bits per heavy atom. The molecule has 2 fully saturated rings. The summed E-state index contributed by atoms with van der Waals surface area (Å²) in [6, 6.07) is 6.97. The van der Waals surface area contributed by atoms with Gasteiger partial charge in [-0.3, -0.25) is 10.1 Å². The molecule has 122 valence electrons. The average Bonchev–Trinajstić information content (AvgIpc) is 3.18. The van der Waals surface area contributed by atoms with Crippen LogP contribution in [0.25, 0.3) is 0 Å². The first kappa shape index (κ1) is 14.7. The van der Waals surface area contributed by atoms with Crippen molar-refractivity contribution in [2.45, 2.75) is 12.8 Å². The number of piperazine rings is 1. The van der Waals surface area contributed by atoms with Gasteiger partial charge in [-0.05, 0) is 36.8 Å². The lowest BCUT2D eigenvalue weighted by Crippen LogP contribution is -3.15. The molecule has 23 heavy (non-hydrogen) atoms. The van der Waals surface area contributed by atoms with Crippen LogP contribution in [-0.4, -0.2) is 37.6 Å². The molecule has 0 amide bonds. The van der Waals surface area contributed by atoms with E-state index >= 15 is 0 Å². The lowest BCUT2D eigenvalue weighted by Gasteiger charge is -2.35. The molecular weight excluding hydrogens is 290 g/mol. The number of nitro groups is 1. The maximum Gasteiger partial charge on any atom is 0.269 e. The minimum Gasteiger partial charge on any atom is -0.360 e. The van der Waals surface area contributed by atoms with Crippen molar-refractivity contribution in [3.05, 3.63) is 46.5 Å². The monoisotopic (exact) mass is 314 g/mol. The number of fused-ring (bicyclic) bond motifs is 2. The topological polar surface area (TPSA) is 50.8 Å². The van der Waals surface area contributed by atoms with Crippen molar-refractivity contribution in [2.24, 2.45) is 17.8 Å². The molecule has 0 aromatic heterocycles. The standard InChI is InChI=1S/C18H23N3O2/c22-21(23)18-5-3-17(4-6-18)20-9-7-19(8-10-20)13-16-12-14-1-2-15(16)11-14/h1-6,14-16H,7-13H2/p+1/t14-,15+,16+/m1/s1. The van der Waals surface area contributed by atoms with Crippen LogP contribution in [0.1, 0.15) is 12.8 Å². The Hall–Kier alpha value is -1.88. The van der Waals surface area contributed by atoms with Gasteiger partial charge in [-0.1, -0.05) is 12.2 Å². The quantitative estimate of drug-likeness (QED) is 0.521. The van der Waals surface area contributed by atoms with E-state index in [0.29, 0.717) is 0 Å². The van der Waals surface area contributed by atoms with E-state index in [0.717, 1.165) is 36.5 Å². The predicted octanol–water partition coefficient (Wildman–Crippen LogP) is 1.51. The molecule has 3 aliphatic rings. The zero-order chi connectivity index (χ0) is 15.8. The van der Waals surface area contributed by atoms with E-state index < -0.39 is 0 Å². The Morgan fingerprint density at radius 1 is 1.13 bits per heavy atom. The van der Waals surface area contributed by atoms with Crippen LogP contribution >= 0.6 is 0 Å². The van der Waals surface area contributed by atoms with Gasteiger partial charge in [0.2, 0.25) is 0 Å². The van der Waals surface area contributed by atoms with Crippen LogP contribution in [0, 0.1) is 27.9 Å². The highest BCUT2D eigenvalue weighted by atomic mass is 16.6. The fraction of sp³-hybridized carbons (Fsp3) is 0.556. The zero-order valence-corrected chi connectivity index (χ0v) is 13.4. The second kappa shape index (κ2) is 5.96. The first-order chi connectivity index (χ1) is 11.2. The minimum absolute atomic E-state index is 0.169. The van der Waals surface area contributed by atoms with E-state index in [4.69, 9.17) is 0 Å². The predicted molar refractivity (Wildman–Crippen MR) is 89.7 cm³/mol. The summed E-state index contributed by atoms with van der Waals surface area (Å²) in [6.07, 6.45) is 7.66. The van der Waals surface area contributed by atoms with Crippen LogP contribution in [-0.2, 0) is 0 Å². The van der Waals surface area contributed by atoms with Gasteiger partial charge >= 0.3 is 0 Å². The lowest BCUT2D eigenvalue weighted by atomic mass is 9.93. The third-order valence-electron chi connectivity index (χ3n) is 5.86. The third-order valence-corrected chi connectivity index (χ3v) is 5.86. The highest BCUT2D eigenvalue weighted by Crippen LogP contribution is 2.42. The van der Waals surface area contributed by atoms with Gasteiger partial charge in [-0.2, -0.15) is 0 Å². The average molecular weight is 314 g/mol. The summed E-state index contributed by atoms with van der Waals surface area (Å²) in [6.45, 7) is 5.76. The summed E-state index contributed by atoms with van der Waals surface area (Å²) in [4.78, 5) is 14.5. The van der Waals surface area contributed by atoms with Crippen molar-refractivity contribution in [3.63, 3.8) is 0 Å². The number of nitrogens with one attached hydrogen (secondary N) is 1. The maximum absolute atomic E-state index is 10.7. The first-order valence-electron chi connectivity index (χ1n) is 8.70. The number of hydrogen-bond donors (Lipinski definition) is 1. The first-order valence-corrected chi connectivity index (χ1v) is 8.70. The summed E-state index contributed by atoms with van der Waals surface area (Å²) in [5.74, 6) is 2.61. The summed E-state index contributed by atoms with van der Waals surface area (Å²) in [7, 11) is 0. The van der Waals surface area contributed by atoms with Gasteiger partial charge in [0.1, 0.15) is 0 Å². The molecule has 3 atom stereocenters. The fourth-order valence-corrected chi connectivity index (χ4v) is 4.57. The Morgan fingerprint density at radius 2 is 1.87 bits per heavy atom. The maximum atomic E-state index is 10.7. The number of rotatable bonds is 4. The van der Waals surface area contributed by atoms with Crippen LogP contribution in [0.4, 0.5) is 11.4 Å². The molecule has 0 unspecified atom stereocenters. The van der Waals surface area contributed by atoms with Gasteiger partial charge in [0.15, 0.2) is 0 Å². The zero-order valence-electron chi connectivity index (χ0n) is 13.4. The Balaban J connectivity index is 1.30. The fourth-order valence-electron chi connectivity index (χ4n) is 4.57. The van der Waals surface area contributed by atoms with Crippen LogP contribution in [0.15, 0.2) is 36.4 Å². The van der Waals surface area contributed by atoms with Gasteiger partial charge in [-0.25, -0.2) is 0 Å². The van der Waals surface area contributed by atoms with E-state index in [1.165, 1.54) is 32.5 Å². The molecule has 1 saturated heterocycles. The van der Waals surface area contributed by atoms with Gasteiger partial charge in [0.25, 0.3) is 5.69 Å². The number of anilines is 1. The number of benzene rings is 1. The molecule has 1 saturated carbocycles. The molecule has 1 heterocycles. The number of quaternary nitrogens is 1. The molecule has 2 aliphatic carbocycles. The number of nitro benzene ring substituents is 1. The molecular formula is C18H24N3O2+. The molecule has 4 rings (SSSR count). The van der Waals surface area contributed by atoms with E-state index in [1.54, 1.807) is 17.0 Å². The van der Waals surface area contributed by atoms with E-state index in [1.807, 2.05) is 12.1 Å². The van der Waals surface area contributed by atoms with E-state index in [-0.39, 0.29) is 10.6 Å². The molecule has 1 aliphatic heterocycles. The Labute approximate surface area is 136 Å². The Bertz CT molecular complexity index is 605. The van der Waals surface area contributed by atoms with Crippen LogP contribution in [0.3, 0.4) is 0 Å². The van der Waals surface area contributed by atoms with Crippen LogP contribution in [0.5, 0.6) is 0 Å². The van der Waals surface area contributed by atoms with Crippen LogP contribution < -0.4 is 9.80 Å². The van der Waals surface area contributed by atoms with Crippen LogP contribution in [0.2, 0.25) is 0 Å². The molecule has 1 N–H and O–H groups in total. The van der Waals surface area contributed by atoms with Crippen molar-refractivity contribution in [3.8, 4) is 0 Å². The van der Waals surface area contributed by atoms with E-state index in [9.17, 15) is 10.1 Å². The highest BCUT2D eigenvalue weighted by Gasteiger charge is 2.38. The number of hydrogen-bond acceptors (Lipinski definition) is 3. The summed E-state index contributed by atoms with van der Waals surface area (Å²) < 4.78 is 0. The number of allylic oxidation sites excluding steroid dienone is 2. The molecule has 1 aromatic carbocycles. The molecule has 2 bridgehead atoms. The highest BCUT2D eigenvalue weighted by molar-refractivity contribution is 5.51. The van der Waals surface area contributed by atoms with Crippen molar-refractivity contribution >= 4 is 11.4 Å². The van der Waals surface area contributed by atoms with Crippen molar-refractivity contribution in [1.29, 1.82) is 0 Å². The van der Waals surface area contributed by atoms with E-state index in [2.05, 4.69) is 17.1 Å². The van der Waals surface area contributed by atoms with Gasteiger partial charge in [0.05, 0.1) is 37.6 Å². The minimum atomic E-state index is -0.338. The second-order valence-corrected chi connectivity index (χ2v) is 7.25. The SMILES string of the molecule is O=[N+]([O-])c1ccc(N2CC[NH+](C[C@@H]3C[C@@H]4C=C[C@H]3C4)CC2)cc1. The smallest absolute Gasteiger partial charge is 0.269 e.